The van der Waals surface area contributed by atoms with Crippen LogP contribution in [0.5, 0.6) is 0 Å². The molecule has 0 unspecified atom stereocenters. The molecular weight excluding hydrogens is 254 g/mol. The number of allylic oxidation sites excluding steroid dienone is 1. The van der Waals surface area contributed by atoms with Gasteiger partial charge in [-0.15, -0.1) is 0 Å². The molecule has 74 valence electrons. The highest BCUT2D eigenvalue weighted by molar-refractivity contribution is 6.40. The SMILES string of the molecule is C=CCn1c(Cl)c(Cl)[n+](C)c1Cl.[Cl-]. The van der Waals surface area contributed by atoms with Crippen molar-refractivity contribution < 1.29 is 17.0 Å². The summed E-state index contributed by atoms with van der Waals surface area (Å²) in [4.78, 5) is 0. The fourth-order valence-electron chi connectivity index (χ4n) is 0.877. The summed E-state index contributed by atoms with van der Waals surface area (Å²) >= 11 is 17.6. The van der Waals surface area contributed by atoms with Gasteiger partial charge in [0.15, 0.2) is 0 Å². The van der Waals surface area contributed by atoms with E-state index in [9.17, 15) is 0 Å². The van der Waals surface area contributed by atoms with Crippen molar-refractivity contribution in [2.45, 2.75) is 6.54 Å². The van der Waals surface area contributed by atoms with E-state index in [2.05, 4.69) is 6.58 Å². The molecule has 2 nitrogen and oxygen atoms in total. The third kappa shape index (κ3) is 2.32. The van der Waals surface area contributed by atoms with Gasteiger partial charge < -0.3 is 12.4 Å². The van der Waals surface area contributed by atoms with Gasteiger partial charge in [0, 0.05) is 11.6 Å². The zero-order chi connectivity index (χ0) is 9.30. The van der Waals surface area contributed by atoms with Crippen molar-refractivity contribution in [1.82, 2.24) is 4.57 Å². The third-order valence-corrected chi connectivity index (χ3v) is 2.88. The Morgan fingerprint density at radius 2 is 2.00 bits per heavy atom. The highest BCUT2D eigenvalue weighted by Gasteiger charge is 2.23. The van der Waals surface area contributed by atoms with Crippen molar-refractivity contribution in [1.29, 1.82) is 0 Å². The molecule has 0 bridgehead atoms. The molecule has 0 amide bonds. The Bertz CT molecular complexity index is 293. The molecular formula is C7H8Cl4N2. The maximum Gasteiger partial charge on any atom is 0.357 e. The van der Waals surface area contributed by atoms with Crippen LogP contribution in [0.1, 0.15) is 0 Å². The molecule has 1 aromatic heterocycles. The number of halogens is 4. The molecule has 13 heavy (non-hydrogen) atoms. The second kappa shape index (κ2) is 5.11. The first-order valence-corrected chi connectivity index (χ1v) is 4.43. The van der Waals surface area contributed by atoms with E-state index in [0.29, 0.717) is 22.1 Å². The molecule has 0 aromatic carbocycles. The van der Waals surface area contributed by atoms with E-state index >= 15 is 0 Å². The molecule has 0 atom stereocenters. The molecule has 0 N–H and O–H groups in total. The normalized spacial score (nSPS) is 9.54. The van der Waals surface area contributed by atoms with Crippen LogP contribution < -0.4 is 17.0 Å². The second-order valence-corrected chi connectivity index (χ2v) is 3.36. The smallest absolute Gasteiger partial charge is 0.357 e. The molecule has 1 aromatic rings. The minimum absolute atomic E-state index is 0. The van der Waals surface area contributed by atoms with Crippen LogP contribution in [0.15, 0.2) is 12.7 Å². The van der Waals surface area contributed by atoms with Crippen molar-refractivity contribution in [3.05, 3.63) is 28.2 Å². The average molecular weight is 262 g/mol. The van der Waals surface area contributed by atoms with Crippen molar-refractivity contribution in [3.63, 3.8) is 0 Å². The standard InChI is InChI=1S/C7H8Cl3N2.ClH/c1-3-4-12-6(9)5(8)11(2)7(12)10;/h3H,1,4H2,2H3;1H/q+1;/p-1. The minimum Gasteiger partial charge on any atom is -1.00 e. The fraction of sp³-hybridized carbons (Fsp3) is 0.286. The molecule has 0 saturated carbocycles. The third-order valence-electron chi connectivity index (χ3n) is 1.51. The second-order valence-electron chi connectivity index (χ2n) is 2.31. The molecule has 1 rings (SSSR count). The van der Waals surface area contributed by atoms with Gasteiger partial charge >= 0.3 is 5.28 Å². The van der Waals surface area contributed by atoms with Crippen LogP contribution in [-0.4, -0.2) is 4.57 Å². The Balaban J connectivity index is 0.00000144. The Labute approximate surface area is 98.1 Å². The summed E-state index contributed by atoms with van der Waals surface area (Å²) in [5, 5.41) is 1.36. The first kappa shape index (κ1) is 13.1. The van der Waals surface area contributed by atoms with Crippen LogP contribution in [0.2, 0.25) is 15.6 Å². The molecule has 0 aliphatic heterocycles. The Morgan fingerprint density at radius 1 is 1.46 bits per heavy atom. The zero-order valence-corrected chi connectivity index (χ0v) is 9.92. The van der Waals surface area contributed by atoms with E-state index in [4.69, 9.17) is 34.8 Å². The quantitative estimate of drug-likeness (QED) is 0.500. The fourth-order valence-corrected chi connectivity index (χ4v) is 1.66. The number of rotatable bonds is 2. The molecule has 1 heterocycles. The molecule has 6 heteroatoms. The Kier molecular flexibility index (Phi) is 5.15. The highest BCUT2D eigenvalue weighted by Crippen LogP contribution is 2.23. The highest BCUT2D eigenvalue weighted by atomic mass is 35.5. The molecule has 0 aliphatic rings. The number of imidazole rings is 1. The summed E-state index contributed by atoms with van der Waals surface area (Å²) < 4.78 is 3.27. The topological polar surface area (TPSA) is 8.81 Å². The summed E-state index contributed by atoms with van der Waals surface area (Å²) in [5.41, 5.74) is 0. The molecule has 0 radical (unpaired) electrons. The summed E-state index contributed by atoms with van der Waals surface area (Å²) in [7, 11) is 1.75. The van der Waals surface area contributed by atoms with E-state index < -0.39 is 0 Å². The van der Waals surface area contributed by atoms with E-state index in [-0.39, 0.29) is 12.4 Å². The summed E-state index contributed by atoms with van der Waals surface area (Å²) in [5.74, 6) is 0. The predicted molar refractivity (Wildman–Crippen MR) is 50.8 cm³/mol. The van der Waals surface area contributed by atoms with Gasteiger partial charge in [-0.2, -0.15) is 4.57 Å². The lowest BCUT2D eigenvalue weighted by atomic mass is 10.6. The van der Waals surface area contributed by atoms with Crippen molar-refractivity contribution >= 4 is 34.8 Å². The van der Waals surface area contributed by atoms with Gasteiger partial charge in [0.2, 0.25) is 0 Å². The van der Waals surface area contributed by atoms with Crippen LogP contribution in [-0.2, 0) is 13.6 Å². The first-order valence-electron chi connectivity index (χ1n) is 3.29. The first-order chi connectivity index (χ1) is 5.59. The van der Waals surface area contributed by atoms with E-state index in [0.717, 1.165) is 0 Å². The maximum absolute atomic E-state index is 5.91. The van der Waals surface area contributed by atoms with Gasteiger partial charge in [-0.25, -0.2) is 4.57 Å². The lowest BCUT2D eigenvalue weighted by molar-refractivity contribution is -0.666. The number of aromatic nitrogens is 2. The lowest BCUT2D eigenvalue weighted by Gasteiger charge is -1.90. The molecule has 0 fully saturated rings. The number of hydrogen-bond donors (Lipinski definition) is 0. The van der Waals surface area contributed by atoms with Crippen LogP contribution in [0.4, 0.5) is 0 Å². The molecule has 0 saturated heterocycles. The Morgan fingerprint density at radius 3 is 2.31 bits per heavy atom. The van der Waals surface area contributed by atoms with Gasteiger partial charge in [-0.05, 0) is 23.2 Å². The minimum atomic E-state index is 0. The molecule has 0 spiro atoms. The van der Waals surface area contributed by atoms with Gasteiger partial charge in [0.25, 0.3) is 10.3 Å². The van der Waals surface area contributed by atoms with Crippen LogP contribution in [0.25, 0.3) is 0 Å². The summed E-state index contributed by atoms with van der Waals surface area (Å²) in [6, 6.07) is 0. The van der Waals surface area contributed by atoms with E-state index in [1.165, 1.54) is 0 Å². The monoisotopic (exact) mass is 260 g/mol. The van der Waals surface area contributed by atoms with Crippen LogP contribution in [0, 0.1) is 0 Å². The van der Waals surface area contributed by atoms with Gasteiger partial charge in [-0.1, -0.05) is 12.7 Å². The largest absolute Gasteiger partial charge is 1.00 e. The van der Waals surface area contributed by atoms with E-state index in [1.54, 1.807) is 22.3 Å². The van der Waals surface area contributed by atoms with Crippen molar-refractivity contribution in [3.8, 4) is 0 Å². The lowest BCUT2D eigenvalue weighted by Crippen LogP contribution is -3.00. The Hall–Kier alpha value is 0.110. The zero-order valence-electron chi connectivity index (χ0n) is 6.90. The van der Waals surface area contributed by atoms with Gasteiger partial charge in [-0.3, -0.25) is 0 Å². The summed E-state index contributed by atoms with van der Waals surface area (Å²) in [6.07, 6.45) is 1.70. The van der Waals surface area contributed by atoms with Gasteiger partial charge in [0.05, 0.1) is 7.05 Å². The predicted octanol–water partition coefficient (Wildman–Crippen LogP) is -0.537. The van der Waals surface area contributed by atoms with Gasteiger partial charge in [0.1, 0.15) is 6.54 Å². The van der Waals surface area contributed by atoms with Crippen LogP contribution in [0.3, 0.4) is 0 Å². The van der Waals surface area contributed by atoms with Crippen LogP contribution >= 0.6 is 34.8 Å². The average Bonchev–Trinajstić information content (AvgIpc) is 2.23. The number of nitrogens with zero attached hydrogens (tertiary/aromatic N) is 2. The van der Waals surface area contributed by atoms with Crippen molar-refractivity contribution in [2.24, 2.45) is 7.05 Å². The molecule has 0 aliphatic carbocycles. The number of hydrogen-bond acceptors (Lipinski definition) is 0. The van der Waals surface area contributed by atoms with Crippen molar-refractivity contribution in [2.75, 3.05) is 0 Å². The van der Waals surface area contributed by atoms with E-state index in [1.807, 2.05) is 0 Å². The maximum atomic E-state index is 5.91. The summed E-state index contributed by atoms with van der Waals surface area (Å²) in [6.45, 7) is 4.14.